The number of carbonyl (C=O) groups excluding carboxylic acids is 2. The van der Waals surface area contributed by atoms with Crippen LogP contribution in [-0.2, 0) is 37.0 Å². The van der Waals surface area contributed by atoms with Crippen molar-refractivity contribution in [2.75, 3.05) is 77.6 Å². The number of anilines is 2. The third-order valence-electron chi connectivity index (χ3n) is 13.1. The quantitative estimate of drug-likeness (QED) is 0.0143. The normalized spacial score (nSPS) is 20.7. The molecule has 0 aliphatic carbocycles. The van der Waals surface area contributed by atoms with Crippen molar-refractivity contribution in [1.29, 1.82) is 2.86 Å². The molecule has 2 aliphatic heterocycles. The summed E-state index contributed by atoms with van der Waals surface area (Å²) in [6.07, 6.45) is -1.19. The van der Waals surface area contributed by atoms with Gasteiger partial charge in [0.25, 0.3) is 28.9 Å². The summed E-state index contributed by atoms with van der Waals surface area (Å²) in [6, 6.07) is 17.6. The van der Waals surface area contributed by atoms with Crippen LogP contribution in [0.3, 0.4) is 0 Å². The number of hydrogen-bond donors (Lipinski definition) is 6. The van der Waals surface area contributed by atoms with Crippen LogP contribution in [-0.4, -0.2) is 201 Å². The minimum absolute atomic E-state index is 0. The van der Waals surface area contributed by atoms with E-state index in [0.29, 0.717) is 40.7 Å². The first-order valence-corrected chi connectivity index (χ1v) is 31.3. The van der Waals surface area contributed by atoms with Crippen LogP contribution >= 0.6 is 17.1 Å². The topological polar surface area (TPSA) is 307 Å². The highest BCUT2D eigenvalue weighted by atomic mass is 31.2. The van der Waals surface area contributed by atoms with E-state index < -0.39 is 77.7 Å². The Bertz CT molecular complexity index is 3110. The fourth-order valence-electron chi connectivity index (χ4n) is 9.37. The lowest BCUT2D eigenvalue weighted by Gasteiger charge is -2.37. The molecule has 10 atom stereocenters. The fourth-order valence-corrected chi connectivity index (χ4v) is 12.9. The molecule has 27 nitrogen and oxygen atoms in total. The smallest absolute Gasteiger partial charge is 0.351 e. The highest BCUT2D eigenvalue weighted by Gasteiger charge is 2.50. The number of nitrogens with one attached hydrogen (secondary N) is 2. The predicted molar refractivity (Wildman–Crippen MR) is 345 cm³/mol. The Morgan fingerprint density at radius 3 is 1.54 bits per heavy atom. The number of rotatable bonds is 30. The molecular weight excluding hydrogens is 1200 g/mol. The maximum atomic E-state index is 13.3. The van der Waals surface area contributed by atoms with Gasteiger partial charge in [-0.2, -0.15) is 4.98 Å². The van der Waals surface area contributed by atoms with Crippen molar-refractivity contribution in [3.8, 4) is 0 Å². The van der Waals surface area contributed by atoms with Crippen LogP contribution in [0.5, 0.6) is 0 Å². The van der Waals surface area contributed by atoms with Gasteiger partial charge in [-0.25, -0.2) is 42.2 Å². The number of hydrogen-bond acceptors (Lipinski definition) is 21. The first-order chi connectivity index (χ1) is 44.7. The number of carbonyl (C=O) groups is 2. The number of aliphatic hydroxyl groups excluding tert-OH is 4. The predicted octanol–water partition coefficient (Wildman–Crippen LogP) is 8.44. The summed E-state index contributed by atoms with van der Waals surface area (Å²) in [4.78, 5) is 63.0. The Kier molecular flexibility index (Phi) is 32.5. The third kappa shape index (κ3) is 21.9. The van der Waals surface area contributed by atoms with E-state index in [2.05, 4.69) is 59.8 Å². The molecule has 2 saturated heterocycles. The van der Waals surface area contributed by atoms with Crippen molar-refractivity contribution in [3.05, 3.63) is 130 Å². The zero-order chi connectivity index (χ0) is 68.6. The van der Waals surface area contributed by atoms with E-state index >= 15 is 0 Å². The molecule has 7 rings (SSSR count). The molecule has 2 fully saturated rings. The summed E-state index contributed by atoms with van der Waals surface area (Å²) >= 11 is 0. The van der Waals surface area contributed by atoms with Crippen molar-refractivity contribution in [2.24, 2.45) is 0 Å². The van der Waals surface area contributed by atoms with Gasteiger partial charge in [-0.1, -0.05) is 43.8 Å². The highest BCUT2D eigenvalue weighted by molar-refractivity contribution is 7.44. The second-order valence-corrected chi connectivity index (χ2v) is 23.6. The molecule has 29 heteroatoms. The van der Waals surface area contributed by atoms with Crippen molar-refractivity contribution >= 4 is 51.7 Å². The summed E-state index contributed by atoms with van der Waals surface area (Å²) < 4.78 is 85.7. The molecule has 90 heavy (non-hydrogen) atoms. The van der Waals surface area contributed by atoms with Crippen molar-refractivity contribution in [3.63, 3.8) is 0 Å². The summed E-state index contributed by atoms with van der Waals surface area (Å²) in [7, 11) is -0.765. The molecule has 3 aromatic heterocycles. The van der Waals surface area contributed by atoms with Crippen LogP contribution < -0.4 is 16.3 Å². The van der Waals surface area contributed by atoms with E-state index in [1.54, 1.807) is 66.1 Å². The maximum Gasteiger partial charge on any atom is 0.351 e. The molecule has 2 aliphatic rings. The van der Waals surface area contributed by atoms with Crippen LogP contribution in [0.4, 0.5) is 11.6 Å². The van der Waals surface area contributed by atoms with Crippen LogP contribution in [0.2, 0.25) is 0 Å². The molecule has 5 heterocycles. The fraction of sp³-hybridized carbons (Fsp3) is 0.590. The molecular formula is C61H94N12O15P2. The summed E-state index contributed by atoms with van der Waals surface area (Å²) in [6.45, 7) is 33.0. The number of benzene rings is 2. The average Bonchev–Trinajstić information content (AvgIpc) is 1.61. The Morgan fingerprint density at radius 2 is 1.13 bits per heavy atom. The summed E-state index contributed by atoms with van der Waals surface area (Å²) in [5.41, 5.74) is 1.49. The van der Waals surface area contributed by atoms with Crippen LogP contribution in [0, 0.1) is 20.1 Å². The molecule has 5 aromatic rings. The van der Waals surface area contributed by atoms with Crippen LogP contribution in [0.1, 0.15) is 131 Å². The number of ether oxygens (including phenoxy) is 4. The molecule has 6 N–H and O–H groups in total. The molecule has 0 saturated carbocycles. The van der Waals surface area contributed by atoms with Crippen LogP contribution in [0.15, 0.2) is 84.3 Å². The zero-order valence-corrected chi connectivity index (χ0v) is 54.3. The third-order valence-corrected chi connectivity index (χ3v) is 17.4. The van der Waals surface area contributed by atoms with Gasteiger partial charge in [0, 0.05) is 90.4 Å². The molecule has 0 radical (unpaired) electrons. The van der Waals surface area contributed by atoms with Gasteiger partial charge < -0.3 is 77.8 Å². The number of imidazole rings is 1. The van der Waals surface area contributed by atoms with E-state index in [1.165, 1.54) is 37.6 Å². The minimum Gasteiger partial charge on any atom is -0.400 e. The lowest BCUT2D eigenvalue weighted by atomic mass is 10.1. The zero-order valence-electron chi connectivity index (χ0n) is 56.5. The number of amides is 2. The summed E-state index contributed by atoms with van der Waals surface area (Å²) in [5, 5.41) is 31.4. The first-order valence-electron chi connectivity index (χ1n) is 31.2. The highest BCUT2D eigenvalue weighted by Crippen LogP contribution is 2.52. The Labute approximate surface area is 537 Å². The van der Waals surface area contributed by atoms with Gasteiger partial charge in [-0.15, -0.1) is 0 Å². The van der Waals surface area contributed by atoms with E-state index in [0.717, 1.165) is 0 Å². The second kappa shape index (κ2) is 40.8. The van der Waals surface area contributed by atoms with Gasteiger partial charge in [-0.05, 0) is 113 Å². The van der Waals surface area contributed by atoms with Crippen molar-refractivity contribution < 1.29 is 69.8 Å². The average molecular weight is 1300 g/mol. The standard InChI is InChI=1S/C29H40N7O6P.C29H42N5O7P.2CH4O.CH4/c1-19(2)36(20(3)4)43(40-16-13-30-6)42-24-21(5)41-29(25(24)39-15-10-14-37)35-18-33-23-26(31-17-32-27(23)35)34-28(38)22-11-8-7-9-12-22;1-19(2)34(20(3)4)42(39-17-14-30-7)41-24-22(6)40-28(25(24)38-16-11-15-35)33-18-21(5)26(32-29(33)37)31-27(36)23-12-9-8-10-13-23;2*1-2;/h7-9,11-12,17-21,24-25,29,37H,10,13-16H2,1-5H3,(H,31,32,34,38);8-10,12-13,18-20,22,24-25,28,35H,11,14-17H2,1-6H3,(H,31,32,36,37);2*2H,1H3;1H4/t21-,24-,25-,29-,43?;22-,24-,25-,28-,42?;;;/m11.../s1/i5D;6D;2*2T;. The van der Waals surface area contributed by atoms with Crippen molar-refractivity contribution in [2.45, 2.75) is 170 Å². The van der Waals surface area contributed by atoms with Crippen molar-refractivity contribution in [1.82, 2.24) is 38.4 Å². The van der Waals surface area contributed by atoms with E-state index in [9.17, 15) is 24.6 Å². The SMILES string of the molecule is C.[2H]C[C@H]1O[C@@H](n2cc(C)c(NC(=O)c3ccccc3)nc2=O)[C@H](OCCCO)[C@@H]1OP(OCC[N+]#[C-])N(C(C)C)C(C)C.[2H]C[C@H]1O[C@@H](n2cnc3c(NC(=O)c4ccccc4)ncnc32)[C@H](OCCCO)[C@@H]1OP(OCC[N+]#[C-])N(C(C)C)C(C)C.[3H]OC.[3H]OC. The number of aromatic nitrogens is 6. The summed E-state index contributed by atoms with van der Waals surface area (Å²) in [5.74, 6) is -0.372. The Hall–Kier alpha value is -5.91. The maximum absolute atomic E-state index is 13.3. The van der Waals surface area contributed by atoms with Gasteiger partial charge in [0.2, 0.25) is 16.0 Å². The molecule has 2 amide bonds. The number of aliphatic hydroxyl groups is 4. The van der Waals surface area contributed by atoms with E-state index in [1.807, 2.05) is 61.5 Å². The van der Waals surface area contributed by atoms with E-state index in [-0.39, 0.29) is 116 Å². The lowest BCUT2D eigenvalue weighted by molar-refractivity contribution is -0.0704. The lowest BCUT2D eigenvalue weighted by Crippen LogP contribution is -2.41. The Balaban J connectivity index is 0.000000448. The molecule has 0 spiro atoms. The molecule has 2 unspecified atom stereocenters. The molecule has 2 aromatic carbocycles. The van der Waals surface area contributed by atoms with Gasteiger partial charge >= 0.3 is 5.69 Å². The number of nitrogens with zero attached hydrogens (tertiary/aromatic N) is 10. The molecule has 0 bridgehead atoms. The second-order valence-electron chi connectivity index (χ2n) is 20.8. The van der Waals surface area contributed by atoms with Gasteiger partial charge in [0.15, 0.2) is 29.4 Å². The van der Waals surface area contributed by atoms with Gasteiger partial charge in [-0.3, -0.25) is 18.7 Å². The monoisotopic (exact) mass is 1300 g/mol. The largest absolute Gasteiger partial charge is 0.400 e. The van der Waals surface area contributed by atoms with Gasteiger partial charge in [0.05, 0.1) is 18.5 Å². The van der Waals surface area contributed by atoms with Gasteiger partial charge in [0.1, 0.15) is 49.8 Å². The first kappa shape index (κ1) is 71.5. The number of aryl methyl sites for hydroxylation is 1. The Morgan fingerprint density at radius 1 is 0.700 bits per heavy atom. The van der Waals surface area contributed by atoms with Crippen LogP contribution in [0.25, 0.3) is 20.9 Å². The minimum atomic E-state index is -1.70. The van der Waals surface area contributed by atoms with E-state index in [4.69, 9.17) is 55.8 Å². The molecule has 498 valence electrons. The number of fused-ring (bicyclic) bond motifs is 1.